The number of benzene rings is 2. The van der Waals surface area contributed by atoms with E-state index in [1.54, 1.807) is 12.0 Å². The highest BCUT2D eigenvalue weighted by Crippen LogP contribution is 2.27. The number of aromatic nitrogens is 1. The quantitative estimate of drug-likeness (QED) is 0.327. The Morgan fingerprint density at radius 3 is 2.58 bits per heavy atom. The molecule has 0 aliphatic carbocycles. The van der Waals surface area contributed by atoms with Crippen LogP contribution in [-0.4, -0.2) is 40.7 Å². The Hall–Kier alpha value is -3.32. The minimum Gasteiger partial charge on any atom is -0.493 e. The first kappa shape index (κ1) is 20.9. The molecule has 1 aliphatic heterocycles. The highest BCUT2D eigenvalue weighted by atomic mass is 32.1. The van der Waals surface area contributed by atoms with Gasteiger partial charge in [-0.05, 0) is 49.8 Å². The Morgan fingerprint density at radius 2 is 1.84 bits per heavy atom. The molecule has 1 N–H and O–H groups in total. The van der Waals surface area contributed by atoms with E-state index >= 15 is 0 Å². The van der Waals surface area contributed by atoms with Crippen LogP contribution in [0.5, 0.6) is 11.5 Å². The Kier molecular flexibility index (Phi) is 6.23. The number of methoxy groups -OCH3 is 1. The molecule has 0 radical (unpaired) electrons. The number of aryl methyl sites for hydroxylation is 1. The Bertz CT molecular complexity index is 1150. The number of nitrogens with one attached hydrogen (secondary N) is 1. The standard InChI is InChI=1S/C24H25N3O3S/c1-3-27-23(28)19(25-24(27)31)15-17-16-26(20-10-5-4-9-18(17)20)13-8-14-30-22-12-7-6-11-21(22)29-2/h4-7,9-12,15-16H,3,8,13-14H2,1-2H3,(H,25,31). The third kappa shape index (κ3) is 4.27. The highest BCUT2D eigenvalue weighted by molar-refractivity contribution is 7.80. The predicted octanol–water partition coefficient (Wildman–Crippen LogP) is 4.20. The van der Waals surface area contributed by atoms with Gasteiger partial charge in [0.1, 0.15) is 5.70 Å². The summed E-state index contributed by atoms with van der Waals surface area (Å²) in [5.41, 5.74) is 2.61. The largest absolute Gasteiger partial charge is 0.493 e. The van der Waals surface area contributed by atoms with Crippen LogP contribution in [0, 0.1) is 0 Å². The van der Waals surface area contributed by atoms with E-state index in [2.05, 4.69) is 28.2 Å². The van der Waals surface area contributed by atoms with Crippen LogP contribution in [0.3, 0.4) is 0 Å². The summed E-state index contributed by atoms with van der Waals surface area (Å²) < 4.78 is 13.4. The van der Waals surface area contributed by atoms with E-state index in [-0.39, 0.29) is 5.91 Å². The van der Waals surface area contributed by atoms with E-state index in [4.69, 9.17) is 21.7 Å². The molecular formula is C24H25N3O3S. The zero-order chi connectivity index (χ0) is 21.8. The zero-order valence-electron chi connectivity index (χ0n) is 17.6. The number of hydrogen-bond acceptors (Lipinski definition) is 4. The summed E-state index contributed by atoms with van der Waals surface area (Å²) >= 11 is 5.27. The molecule has 4 rings (SSSR count). The number of hydrogen-bond donors (Lipinski definition) is 1. The molecule has 6 nitrogen and oxygen atoms in total. The molecule has 1 fully saturated rings. The molecular weight excluding hydrogens is 410 g/mol. The fourth-order valence-electron chi connectivity index (χ4n) is 3.74. The average Bonchev–Trinajstić information content (AvgIpc) is 3.27. The van der Waals surface area contributed by atoms with Crippen molar-refractivity contribution in [2.24, 2.45) is 0 Å². The Labute approximate surface area is 187 Å². The topological polar surface area (TPSA) is 55.7 Å². The molecule has 1 aromatic heterocycles. The van der Waals surface area contributed by atoms with Gasteiger partial charge in [-0.15, -0.1) is 0 Å². The molecule has 160 valence electrons. The maximum Gasteiger partial charge on any atom is 0.276 e. The van der Waals surface area contributed by atoms with Crippen molar-refractivity contribution in [3.05, 3.63) is 66.0 Å². The second kappa shape index (κ2) is 9.22. The summed E-state index contributed by atoms with van der Waals surface area (Å²) in [6, 6.07) is 15.8. The molecule has 3 aromatic rings. The molecule has 1 aliphatic rings. The van der Waals surface area contributed by atoms with Gasteiger partial charge >= 0.3 is 0 Å². The van der Waals surface area contributed by atoms with Crippen LogP contribution in [0.15, 0.2) is 60.4 Å². The maximum absolute atomic E-state index is 12.6. The van der Waals surface area contributed by atoms with E-state index in [1.807, 2.05) is 49.4 Å². The summed E-state index contributed by atoms with van der Waals surface area (Å²) in [7, 11) is 1.64. The number of carbonyl (C=O) groups excluding carboxylic acids is 1. The van der Waals surface area contributed by atoms with Gasteiger partial charge in [0.05, 0.1) is 13.7 Å². The number of fused-ring (bicyclic) bond motifs is 1. The van der Waals surface area contributed by atoms with Gasteiger partial charge in [0.2, 0.25) is 0 Å². The van der Waals surface area contributed by atoms with Gasteiger partial charge in [-0.3, -0.25) is 9.69 Å². The molecule has 1 saturated heterocycles. The molecule has 2 heterocycles. The molecule has 0 unspecified atom stereocenters. The second-order valence-corrected chi connectivity index (χ2v) is 7.57. The van der Waals surface area contributed by atoms with Crippen LogP contribution in [0.2, 0.25) is 0 Å². The number of para-hydroxylation sites is 3. The van der Waals surface area contributed by atoms with Gasteiger partial charge in [-0.25, -0.2) is 0 Å². The van der Waals surface area contributed by atoms with Crippen LogP contribution in [0.1, 0.15) is 18.9 Å². The van der Waals surface area contributed by atoms with Crippen molar-refractivity contribution in [3.8, 4) is 11.5 Å². The number of rotatable bonds is 8. The number of nitrogens with zero attached hydrogens (tertiary/aromatic N) is 2. The molecule has 1 amide bonds. The number of amides is 1. The number of thiocarbonyl (C=S) groups is 1. The Morgan fingerprint density at radius 1 is 1.10 bits per heavy atom. The van der Waals surface area contributed by atoms with Crippen molar-refractivity contribution < 1.29 is 14.3 Å². The molecule has 0 bridgehead atoms. The van der Waals surface area contributed by atoms with Crippen LogP contribution < -0.4 is 14.8 Å². The highest BCUT2D eigenvalue weighted by Gasteiger charge is 2.29. The molecule has 2 aromatic carbocycles. The van der Waals surface area contributed by atoms with Gasteiger partial charge in [-0.1, -0.05) is 30.3 Å². The first-order chi connectivity index (χ1) is 15.1. The van der Waals surface area contributed by atoms with Gasteiger partial charge in [-0.2, -0.15) is 0 Å². The molecule has 7 heteroatoms. The SMILES string of the molecule is CCN1C(=O)C(=Cc2cn(CCCOc3ccccc3OC)c3ccccc23)NC1=S. The lowest BCUT2D eigenvalue weighted by Crippen LogP contribution is -2.30. The minimum absolute atomic E-state index is 0.0884. The number of carbonyl (C=O) groups is 1. The van der Waals surface area contributed by atoms with Gasteiger partial charge in [0.15, 0.2) is 16.6 Å². The molecule has 0 saturated carbocycles. The van der Waals surface area contributed by atoms with E-state index < -0.39 is 0 Å². The number of ether oxygens (including phenoxy) is 2. The van der Waals surface area contributed by atoms with Crippen molar-refractivity contribution in [3.63, 3.8) is 0 Å². The molecule has 31 heavy (non-hydrogen) atoms. The monoisotopic (exact) mass is 435 g/mol. The van der Waals surface area contributed by atoms with Crippen LogP contribution in [0.4, 0.5) is 0 Å². The average molecular weight is 436 g/mol. The lowest BCUT2D eigenvalue weighted by molar-refractivity contribution is -0.122. The first-order valence-corrected chi connectivity index (χ1v) is 10.7. The van der Waals surface area contributed by atoms with E-state index in [1.165, 1.54) is 0 Å². The van der Waals surface area contributed by atoms with Crippen molar-refractivity contribution in [1.29, 1.82) is 0 Å². The van der Waals surface area contributed by atoms with Gasteiger partial charge < -0.3 is 19.4 Å². The van der Waals surface area contributed by atoms with Crippen LogP contribution in [-0.2, 0) is 11.3 Å². The van der Waals surface area contributed by atoms with E-state index in [0.29, 0.717) is 24.0 Å². The summed E-state index contributed by atoms with van der Waals surface area (Å²) in [4.78, 5) is 14.1. The summed E-state index contributed by atoms with van der Waals surface area (Å²) in [5, 5.41) is 4.58. The zero-order valence-corrected chi connectivity index (χ0v) is 18.4. The fraction of sp³-hybridized carbons (Fsp3) is 0.250. The van der Waals surface area contributed by atoms with Crippen LogP contribution >= 0.6 is 12.2 Å². The smallest absolute Gasteiger partial charge is 0.276 e. The van der Waals surface area contributed by atoms with Crippen LogP contribution in [0.25, 0.3) is 17.0 Å². The lowest BCUT2D eigenvalue weighted by Gasteiger charge is -2.11. The predicted molar refractivity (Wildman–Crippen MR) is 126 cm³/mol. The van der Waals surface area contributed by atoms with Crippen molar-refractivity contribution in [1.82, 2.24) is 14.8 Å². The molecule has 0 atom stereocenters. The van der Waals surface area contributed by atoms with Gasteiger partial charge in [0.25, 0.3) is 5.91 Å². The van der Waals surface area contributed by atoms with E-state index in [9.17, 15) is 4.79 Å². The second-order valence-electron chi connectivity index (χ2n) is 7.19. The van der Waals surface area contributed by atoms with Crippen molar-refractivity contribution >= 4 is 40.2 Å². The van der Waals surface area contributed by atoms with Crippen molar-refractivity contribution in [2.75, 3.05) is 20.3 Å². The Balaban J connectivity index is 1.50. The summed E-state index contributed by atoms with van der Waals surface area (Å²) in [6.45, 7) is 3.83. The van der Waals surface area contributed by atoms with E-state index in [0.717, 1.165) is 40.9 Å². The third-order valence-electron chi connectivity index (χ3n) is 5.27. The normalized spacial score (nSPS) is 15.0. The maximum atomic E-state index is 12.6. The first-order valence-electron chi connectivity index (χ1n) is 10.3. The molecule has 0 spiro atoms. The third-order valence-corrected chi connectivity index (χ3v) is 5.59. The fourth-order valence-corrected chi connectivity index (χ4v) is 4.07. The number of likely N-dealkylation sites (N-methyl/N-ethyl adjacent to an activating group) is 1. The minimum atomic E-state index is -0.0884. The van der Waals surface area contributed by atoms with Crippen molar-refractivity contribution in [2.45, 2.75) is 19.9 Å². The lowest BCUT2D eigenvalue weighted by atomic mass is 10.1. The summed E-state index contributed by atoms with van der Waals surface area (Å²) in [5.74, 6) is 1.39. The van der Waals surface area contributed by atoms with Gasteiger partial charge in [0, 0.05) is 35.8 Å². The summed E-state index contributed by atoms with van der Waals surface area (Å²) in [6.07, 6.45) is 4.79.